The molecule has 3 rings (SSSR count). The minimum Gasteiger partial charge on any atom is -0.339 e. The SMILES string of the molecule is N#Cc1cccc2c1CC(=O)[C@@H](N)CN2c1cccc(C(F)(F)F)c1. The Bertz CT molecular complexity index is 871. The Balaban J connectivity index is 2.17. The van der Waals surface area contributed by atoms with Crippen molar-refractivity contribution in [1.29, 1.82) is 5.26 Å². The molecule has 4 nitrogen and oxygen atoms in total. The Morgan fingerprint density at radius 3 is 2.60 bits per heavy atom. The fourth-order valence-electron chi connectivity index (χ4n) is 2.91. The van der Waals surface area contributed by atoms with Crippen molar-refractivity contribution >= 4 is 17.2 Å². The Labute approximate surface area is 142 Å². The number of benzene rings is 2. The molecule has 0 bridgehead atoms. The summed E-state index contributed by atoms with van der Waals surface area (Å²) in [6, 6.07) is 10.9. The summed E-state index contributed by atoms with van der Waals surface area (Å²) >= 11 is 0. The lowest BCUT2D eigenvalue weighted by molar-refractivity contribution is -0.137. The number of Topliss-reactive ketones (excluding diaryl/α,β-unsaturated/α-hetero) is 1. The number of carbonyl (C=O) groups is 1. The largest absolute Gasteiger partial charge is 0.416 e. The predicted molar refractivity (Wildman–Crippen MR) is 86.3 cm³/mol. The van der Waals surface area contributed by atoms with E-state index >= 15 is 0 Å². The maximum Gasteiger partial charge on any atom is 0.416 e. The van der Waals surface area contributed by atoms with Crippen LogP contribution in [0.3, 0.4) is 0 Å². The summed E-state index contributed by atoms with van der Waals surface area (Å²) in [6.07, 6.45) is -4.49. The molecule has 2 N–H and O–H groups in total. The van der Waals surface area contributed by atoms with Gasteiger partial charge in [0.2, 0.25) is 0 Å². The zero-order chi connectivity index (χ0) is 18.2. The van der Waals surface area contributed by atoms with Crippen LogP contribution in [-0.2, 0) is 17.4 Å². The van der Waals surface area contributed by atoms with Crippen LogP contribution in [0.25, 0.3) is 0 Å². The minimum atomic E-state index is -4.48. The van der Waals surface area contributed by atoms with Crippen LogP contribution in [0, 0.1) is 11.3 Å². The number of hydrogen-bond acceptors (Lipinski definition) is 4. The standard InChI is InChI=1S/C18H14F3N3O/c19-18(20,21)12-4-2-5-13(7-12)24-10-15(23)17(25)8-14-11(9-22)3-1-6-16(14)24/h1-7,15H,8,10,23H2/t15-/m0/s1. The normalized spacial score (nSPS) is 17.6. The smallest absolute Gasteiger partial charge is 0.339 e. The van der Waals surface area contributed by atoms with Gasteiger partial charge in [0.1, 0.15) is 0 Å². The summed E-state index contributed by atoms with van der Waals surface area (Å²) in [6.45, 7) is 0.0437. The summed E-state index contributed by atoms with van der Waals surface area (Å²) in [5.41, 5.74) is 6.72. The lowest BCUT2D eigenvalue weighted by Crippen LogP contribution is -2.39. The molecule has 1 atom stereocenters. The van der Waals surface area contributed by atoms with E-state index in [1.165, 1.54) is 12.1 Å². The molecule has 0 saturated carbocycles. The number of fused-ring (bicyclic) bond motifs is 1. The van der Waals surface area contributed by atoms with Crippen LogP contribution in [0.4, 0.5) is 24.5 Å². The average Bonchev–Trinajstić information content (AvgIpc) is 2.71. The number of nitrogens with zero attached hydrogens (tertiary/aromatic N) is 2. The summed E-state index contributed by atoms with van der Waals surface area (Å²) in [7, 11) is 0. The van der Waals surface area contributed by atoms with E-state index < -0.39 is 17.8 Å². The molecule has 7 heteroatoms. The van der Waals surface area contributed by atoms with Crippen molar-refractivity contribution < 1.29 is 18.0 Å². The molecule has 0 aliphatic carbocycles. The highest BCUT2D eigenvalue weighted by Gasteiger charge is 2.32. The third-order valence-electron chi connectivity index (χ3n) is 4.19. The van der Waals surface area contributed by atoms with Gasteiger partial charge in [0.05, 0.1) is 23.2 Å². The van der Waals surface area contributed by atoms with Crippen LogP contribution in [0.1, 0.15) is 16.7 Å². The second-order valence-electron chi connectivity index (χ2n) is 5.82. The van der Waals surface area contributed by atoms with Gasteiger partial charge < -0.3 is 10.6 Å². The Hall–Kier alpha value is -2.85. The van der Waals surface area contributed by atoms with Crippen LogP contribution < -0.4 is 10.6 Å². The molecule has 0 fully saturated rings. The molecule has 0 unspecified atom stereocenters. The highest BCUT2D eigenvalue weighted by Crippen LogP contribution is 2.36. The first-order valence-electron chi connectivity index (χ1n) is 7.56. The molecule has 0 saturated heterocycles. The van der Waals surface area contributed by atoms with E-state index in [1.54, 1.807) is 23.1 Å². The number of rotatable bonds is 1. The van der Waals surface area contributed by atoms with E-state index in [0.717, 1.165) is 12.1 Å². The third kappa shape index (κ3) is 3.21. The first-order valence-corrected chi connectivity index (χ1v) is 7.56. The summed E-state index contributed by atoms with van der Waals surface area (Å²) in [5.74, 6) is -0.251. The molecular formula is C18H14F3N3O. The summed E-state index contributed by atoms with van der Waals surface area (Å²) in [4.78, 5) is 13.8. The van der Waals surface area contributed by atoms with Crippen LogP contribution >= 0.6 is 0 Å². The minimum absolute atomic E-state index is 0.0182. The van der Waals surface area contributed by atoms with Gasteiger partial charge in [0.25, 0.3) is 0 Å². The molecule has 0 radical (unpaired) electrons. The van der Waals surface area contributed by atoms with Gasteiger partial charge in [-0.2, -0.15) is 18.4 Å². The van der Waals surface area contributed by atoms with Crippen molar-refractivity contribution in [2.75, 3.05) is 11.4 Å². The van der Waals surface area contributed by atoms with Crippen molar-refractivity contribution in [3.05, 3.63) is 59.2 Å². The average molecular weight is 345 g/mol. The van der Waals surface area contributed by atoms with Crippen molar-refractivity contribution in [3.8, 4) is 6.07 Å². The van der Waals surface area contributed by atoms with Crippen LogP contribution in [-0.4, -0.2) is 18.4 Å². The van der Waals surface area contributed by atoms with Gasteiger partial charge in [-0.15, -0.1) is 0 Å². The molecule has 0 amide bonds. The highest BCUT2D eigenvalue weighted by molar-refractivity contribution is 5.91. The van der Waals surface area contributed by atoms with Gasteiger partial charge in [-0.05, 0) is 30.3 Å². The number of nitrogens with two attached hydrogens (primary N) is 1. The molecule has 25 heavy (non-hydrogen) atoms. The van der Waals surface area contributed by atoms with Crippen LogP contribution in [0.5, 0.6) is 0 Å². The van der Waals surface area contributed by atoms with E-state index in [1.807, 2.05) is 6.07 Å². The van der Waals surface area contributed by atoms with Crippen molar-refractivity contribution in [1.82, 2.24) is 0 Å². The molecule has 128 valence electrons. The second-order valence-corrected chi connectivity index (χ2v) is 5.82. The summed E-state index contributed by atoms with van der Waals surface area (Å²) in [5, 5.41) is 9.29. The third-order valence-corrected chi connectivity index (χ3v) is 4.19. The van der Waals surface area contributed by atoms with Crippen molar-refractivity contribution in [2.24, 2.45) is 5.73 Å². The first-order chi connectivity index (χ1) is 11.8. The quantitative estimate of drug-likeness (QED) is 0.862. The zero-order valence-corrected chi connectivity index (χ0v) is 13.0. The number of ketones is 1. The highest BCUT2D eigenvalue weighted by atomic mass is 19.4. The monoisotopic (exact) mass is 345 g/mol. The molecular weight excluding hydrogens is 331 g/mol. The second kappa shape index (κ2) is 6.22. The Morgan fingerprint density at radius 2 is 1.92 bits per heavy atom. The lowest BCUT2D eigenvalue weighted by Gasteiger charge is -2.27. The van der Waals surface area contributed by atoms with E-state index in [4.69, 9.17) is 5.73 Å². The number of carbonyl (C=O) groups excluding carboxylic acids is 1. The Morgan fingerprint density at radius 1 is 1.20 bits per heavy atom. The van der Waals surface area contributed by atoms with Crippen LogP contribution in [0.15, 0.2) is 42.5 Å². The number of halogens is 3. The number of nitriles is 1. The van der Waals surface area contributed by atoms with Gasteiger partial charge in [-0.1, -0.05) is 12.1 Å². The Kier molecular flexibility index (Phi) is 4.23. The lowest BCUT2D eigenvalue weighted by atomic mass is 10.00. The van der Waals surface area contributed by atoms with E-state index in [-0.39, 0.29) is 24.4 Å². The molecule has 1 aliphatic rings. The maximum atomic E-state index is 13.0. The fraction of sp³-hybridized carbons (Fsp3) is 0.222. The van der Waals surface area contributed by atoms with E-state index in [2.05, 4.69) is 0 Å². The van der Waals surface area contributed by atoms with E-state index in [0.29, 0.717) is 16.8 Å². The van der Waals surface area contributed by atoms with Crippen molar-refractivity contribution in [2.45, 2.75) is 18.6 Å². The maximum absolute atomic E-state index is 13.0. The van der Waals surface area contributed by atoms with Gasteiger partial charge in [0.15, 0.2) is 5.78 Å². The van der Waals surface area contributed by atoms with E-state index in [9.17, 15) is 23.2 Å². The van der Waals surface area contributed by atoms with Gasteiger partial charge in [-0.25, -0.2) is 0 Å². The fourth-order valence-corrected chi connectivity index (χ4v) is 2.91. The van der Waals surface area contributed by atoms with Gasteiger partial charge >= 0.3 is 6.18 Å². The van der Waals surface area contributed by atoms with Gasteiger partial charge in [-0.3, -0.25) is 4.79 Å². The zero-order valence-electron chi connectivity index (χ0n) is 13.0. The van der Waals surface area contributed by atoms with Crippen LogP contribution in [0.2, 0.25) is 0 Å². The summed E-state index contributed by atoms with van der Waals surface area (Å²) < 4.78 is 39.1. The number of alkyl halides is 3. The topological polar surface area (TPSA) is 70.1 Å². The molecule has 2 aromatic rings. The van der Waals surface area contributed by atoms with Gasteiger partial charge in [0, 0.05) is 29.9 Å². The molecule has 2 aromatic carbocycles. The molecule has 0 spiro atoms. The number of hydrogen-bond donors (Lipinski definition) is 1. The number of anilines is 2. The molecule has 1 heterocycles. The first kappa shape index (κ1) is 17.0. The van der Waals surface area contributed by atoms with Crippen molar-refractivity contribution in [3.63, 3.8) is 0 Å². The predicted octanol–water partition coefficient (Wildman–Crippen LogP) is 3.17. The molecule has 0 aromatic heterocycles. The molecule has 1 aliphatic heterocycles.